The van der Waals surface area contributed by atoms with E-state index in [1.54, 1.807) is 7.05 Å². The maximum atomic E-state index is 11.9. The molecule has 0 radical (unpaired) electrons. The van der Waals surface area contributed by atoms with Gasteiger partial charge in [0.2, 0.25) is 0 Å². The van der Waals surface area contributed by atoms with Crippen LogP contribution in [0.1, 0.15) is 12.6 Å². The van der Waals surface area contributed by atoms with Gasteiger partial charge >= 0.3 is 12.0 Å². The first kappa shape index (κ1) is 15.9. The van der Waals surface area contributed by atoms with Crippen molar-refractivity contribution in [1.29, 1.82) is 0 Å². The van der Waals surface area contributed by atoms with Crippen molar-refractivity contribution in [3.63, 3.8) is 0 Å². The first-order chi connectivity index (χ1) is 10.4. The summed E-state index contributed by atoms with van der Waals surface area (Å²) in [6, 6.07) is 8.93. The van der Waals surface area contributed by atoms with E-state index in [2.05, 4.69) is 28.1 Å². The number of aliphatic carboxylic acids is 1. The molecule has 0 aliphatic carbocycles. The number of para-hydroxylation sites is 1. The summed E-state index contributed by atoms with van der Waals surface area (Å²) < 4.78 is 2.15. The van der Waals surface area contributed by atoms with Gasteiger partial charge in [0, 0.05) is 31.3 Å². The van der Waals surface area contributed by atoms with Crippen LogP contribution in [-0.4, -0.2) is 46.2 Å². The lowest BCUT2D eigenvalue weighted by molar-refractivity contribution is -0.138. The number of fused-ring (bicyclic) bond motifs is 1. The third-order valence-corrected chi connectivity index (χ3v) is 3.73. The van der Waals surface area contributed by atoms with E-state index < -0.39 is 12.0 Å². The summed E-state index contributed by atoms with van der Waals surface area (Å²) in [4.78, 5) is 24.2. The molecular formula is C16H21N3O3. The quantitative estimate of drug-likeness (QED) is 0.888. The Kier molecular flexibility index (Phi) is 4.70. The summed E-state index contributed by atoms with van der Waals surface area (Å²) in [5.74, 6) is -1.05. The molecular weight excluding hydrogens is 282 g/mol. The van der Waals surface area contributed by atoms with Crippen LogP contribution in [0.25, 0.3) is 10.9 Å². The van der Waals surface area contributed by atoms with Crippen molar-refractivity contribution in [2.45, 2.75) is 26.4 Å². The topological polar surface area (TPSA) is 74.6 Å². The van der Waals surface area contributed by atoms with Gasteiger partial charge in [-0.05, 0) is 31.4 Å². The number of hydrogen-bond donors (Lipinski definition) is 2. The number of nitrogens with one attached hydrogen (secondary N) is 1. The summed E-state index contributed by atoms with van der Waals surface area (Å²) in [7, 11) is 1.66. The molecule has 2 amide bonds. The Bertz CT molecular complexity index is 693. The Balaban J connectivity index is 2.01. The van der Waals surface area contributed by atoms with Crippen LogP contribution in [0.5, 0.6) is 0 Å². The smallest absolute Gasteiger partial charge is 0.325 e. The highest BCUT2D eigenvalue weighted by atomic mass is 16.4. The average Bonchev–Trinajstić information content (AvgIpc) is 2.79. The highest BCUT2D eigenvalue weighted by Crippen LogP contribution is 2.18. The van der Waals surface area contributed by atoms with E-state index >= 15 is 0 Å². The molecule has 0 aliphatic rings. The molecule has 2 rings (SSSR count). The predicted octanol–water partition coefficient (Wildman–Crippen LogP) is 2.06. The number of nitrogens with zero attached hydrogens (tertiary/aromatic N) is 2. The van der Waals surface area contributed by atoms with Crippen molar-refractivity contribution in [2.24, 2.45) is 0 Å². The molecule has 1 aromatic carbocycles. The number of aromatic nitrogens is 1. The monoisotopic (exact) mass is 303 g/mol. The number of hydrogen-bond acceptors (Lipinski definition) is 2. The van der Waals surface area contributed by atoms with Gasteiger partial charge in [0.1, 0.15) is 6.04 Å². The molecule has 0 bridgehead atoms. The van der Waals surface area contributed by atoms with E-state index in [-0.39, 0.29) is 6.03 Å². The van der Waals surface area contributed by atoms with E-state index in [1.165, 1.54) is 17.2 Å². The summed E-state index contributed by atoms with van der Waals surface area (Å²) >= 11 is 0. The molecule has 0 saturated heterocycles. The Hall–Kier alpha value is -2.50. The first-order valence-electron chi connectivity index (χ1n) is 7.19. The van der Waals surface area contributed by atoms with Crippen LogP contribution < -0.4 is 5.32 Å². The number of carbonyl (C=O) groups is 2. The second-order valence-electron chi connectivity index (χ2n) is 5.43. The minimum absolute atomic E-state index is 0.385. The van der Waals surface area contributed by atoms with Crippen molar-refractivity contribution in [3.05, 3.63) is 36.0 Å². The minimum Gasteiger partial charge on any atom is -0.480 e. The SMILES string of the molecule is Cc1cc2ccccc2n1CCN(C)C(=O)N[C@H](C)C(=O)O. The number of likely N-dealkylation sites (N-methyl/N-ethyl adjacent to an activating group) is 1. The Morgan fingerprint density at radius 2 is 2.05 bits per heavy atom. The third-order valence-electron chi connectivity index (χ3n) is 3.73. The molecule has 118 valence electrons. The van der Waals surface area contributed by atoms with Crippen LogP contribution in [0.2, 0.25) is 0 Å². The molecule has 1 atom stereocenters. The molecule has 22 heavy (non-hydrogen) atoms. The van der Waals surface area contributed by atoms with Gasteiger partial charge in [-0.15, -0.1) is 0 Å². The average molecular weight is 303 g/mol. The fourth-order valence-electron chi connectivity index (χ4n) is 2.35. The van der Waals surface area contributed by atoms with Crippen LogP contribution in [0.4, 0.5) is 4.79 Å². The van der Waals surface area contributed by atoms with E-state index in [9.17, 15) is 9.59 Å². The Morgan fingerprint density at radius 1 is 1.36 bits per heavy atom. The normalized spacial score (nSPS) is 12.1. The van der Waals surface area contributed by atoms with Gasteiger partial charge < -0.3 is 19.9 Å². The van der Waals surface area contributed by atoms with Crippen LogP contribution in [-0.2, 0) is 11.3 Å². The summed E-state index contributed by atoms with van der Waals surface area (Å²) in [5.41, 5.74) is 2.27. The van der Waals surface area contributed by atoms with Gasteiger partial charge in [0.05, 0.1) is 0 Å². The number of benzene rings is 1. The molecule has 0 unspecified atom stereocenters. The molecule has 6 heteroatoms. The largest absolute Gasteiger partial charge is 0.480 e. The molecule has 0 saturated carbocycles. The summed E-state index contributed by atoms with van der Waals surface area (Å²) in [6.45, 7) is 4.63. The Labute approximate surface area is 129 Å². The standard InChI is InChI=1S/C16H21N3O3/c1-11-10-13-6-4-5-7-14(13)19(11)9-8-18(3)16(22)17-12(2)15(20)21/h4-7,10,12H,8-9H2,1-3H3,(H,17,22)(H,20,21)/t12-/m1/s1. The lowest BCUT2D eigenvalue weighted by Gasteiger charge is -2.20. The molecule has 2 N–H and O–H groups in total. The number of carboxylic acid groups (broad SMARTS) is 1. The molecule has 0 aliphatic heterocycles. The van der Waals surface area contributed by atoms with Crippen LogP contribution in [0.15, 0.2) is 30.3 Å². The molecule has 2 aromatic rings. The van der Waals surface area contributed by atoms with Crippen LogP contribution in [0.3, 0.4) is 0 Å². The predicted molar refractivity (Wildman–Crippen MR) is 84.9 cm³/mol. The number of carbonyl (C=O) groups excluding carboxylic acids is 1. The van der Waals surface area contributed by atoms with Crippen molar-refractivity contribution in [1.82, 2.24) is 14.8 Å². The molecule has 0 spiro atoms. The number of urea groups is 1. The van der Waals surface area contributed by atoms with Crippen molar-refractivity contribution < 1.29 is 14.7 Å². The maximum Gasteiger partial charge on any atom is 0.325 e. The third kappa shape index (κ3) is 3.39. The highest BCUT2D eigenvalue weighted by molar-refractivity contribution is 5.82. The zero-order chi connectivity index (χ0) is 16.3. The van der Waals surface area contributed by atoms with Gasteiger partial charge in [0.25, 0.3) is 0 Å². The number of carboxylic acids is 1. The maximum absolute atomic E-state index is 11.9. The van der Waals surface area contributed by atoms with Gasteiger partial charge in [-0.1, -0.05) is 18.2 Å². The second-order valence-corrected chi connectivity index (χ2v) is 5.43. The van der Waals surface area contributed by atoms with Gasteiger partial charge in [0.15, 0.2) is 0 Å². The zero-order valence-electron chi connectivity index (χ0n) is 13.0. The number of aryl methyl sites for hydroxylation is 1. The van der Waals surface area contributed by atoms with E-state index in [4.69, 9.17) is 5.11 Å². The Morgan fingerprint density at radius 3 is 2.73 bits per heavy atom. The van der Waals surface area contributed by atoms with Crippen LogP contribution >= 0.6 is 0 Å². The van der Waals surface area contributed by atoms with Gasteiger partial charge in [-0.2, -0.15) is 0 Å². The zero-order valence-corrected chi connectivity index (χ0v) is 13.0. The first-order valence-corrected chi connectivity index (χ1v) is 7.19. The molecule has 1 heterocycles. The molecule has 1 aromatic heterocycles. The van der Waals surface area contributed by atoms with E-state index in [0.29, 0.717) is 13.1 Å². The lowest BCUT2D eigenvalue weighted by atomic mass is 10.2. The lowest BCUT2D eigenvalue weighted by Crippen LogP contribution is -2.45. The second kappa shape index (κ2) is 6.51. The molecule has 0 fully saturated rings. The summed E-state index contributed by atoms with van der Waals surface area (Å²) in [5, 5.41) is 12.4. The number of rotatable bonds is 5. The van der Waals surface area contributed by atoms with Gasteiger partial charge in [-0.25, -0.2) is 4.79 Å². The van der Waals surface area contributed by atoms with Crippen LogP contribution in [0, 0.1) is 6.92 Å². The fourth-order valence-corrected chi connectivity index (χ4v) is 2.35. The van der Waals surface area contributed by atoms with E-state index in [1.807, 2.05) is 19.1 Å². The molecule has 6 nitrogen and oxygen atoms in total. The summed E-state index contributed by atoms with van der Waals surface area (Å²) in [6.07, 6.45) is 0. The van der Waals surface area contributed by atoms with E-state index in [0.717, 1.165) is 11.2 Å². The highest BCUT2D eigenvalue weighted by Gasteiger charge is 2.17. The van der Waals surface area contributed by atoms with Crippen molar-refractivity contribution in [2.75, 3.05) is 13.6 Å². The number of amides is 2. The minimum atomic E-state index is -1.05. The van der Waals surface area contributed by atoms with Crippen molar-refractivity contribution >= 4 is 22.9 Å². The van der Waals surface area contributed by atoms with Gasteiger partial charge in [-0.3, -0.25) is 4.79 Å². The van der Waals surface area contributed by atoms with Crippen molar-refractivity contribution in [3.8, 4) is 0 Å². The fraction of sp³-hybridized carbons (Fsp3) is 0.375.